The Labute approximate surface area is 77.2 Å². The van der Waals surface area contributed by atoms with Gasteiger partial charge in [-0.2, -0.15) is 0 Å². The Kier molecular flexibility index (Phi) is 2.89. The van der Waals surface area contributed by atoms with Crippen LogP contribution in [0.15, 0.2) is 24.3 Å². The van der Waals surface area contributed by atoms with Crippen LogP contribution >= 0.6 is 12.6 Å². The zero-order valence-corrected chi connectivity index (χ0v) is 7.71. The molecule has 0 aromatic heterocycles. The number of benzene rings is 1. The van der Waals surface area contributed by atoms with Gasteiger partial charge in [0.2, 0.25) is 5.12 Å². The number of thiol groups is 1. The molecule has 0 heterocycles. The van der Waals surface area contributed by atoms with E-state index in [1.165, 1.54) is 0 Å². The van der Waals surface area contributed by atoms with Gasteiger partial charge in [0.25, 0.3) is 0 Å². The summed E-state index contributed by atoms with van der Waals surface area (Å²) in [5.41, 5.74) is 7.52. The predicted molar refractivity (Wildman–Crippen MR) is 52.1 cm³/mol. The van der Waals surface area contributed by atoms with Crippen molar-refractivity contribution in [2.75, 3.05) is 0 Å². The molecule has 64 valence electrons. The minimum absolute atomic E-state index is 0.307. The van der Waals surface area contributed by atoms with Crippen LogP contribution in [0.2, 0.25) is 0 Å². The van der Waals surface area contributed by atoms with Crippen LogP contribution in [0.25, 0.3) is 0 Å². The van der Waals surface area contributed by atoms with E-state index in [0.717, 1.165) is 11.1 Å². The third-order valence-corrected chi connectivity index (χ3v) is 1.98. The first-order chi connectivity index (χ1) is 5.61. The largest absolute Gasteiger partial charge is 0.317 e. The van der Waals surface area contributed by atoms with Gasteiger partial charge in [-0.15, -0.1) is 12.6 Å². The molecule has 0 amide bonds. The second kappa shape index (κ2) is 3.74. The van der Waals surface area contributed by atoms with Gasteiger partial charge in [0.1, 0.15) is 0 Å². The fourth-order valence-electron chi connectivity index (χ4n) is 0.916. The van der Waals surface area contributed by atoms with Crippen LogP contribution in [-0.2, 0) is 4.79 Å². The maximum atomic E-state index is 10.8. The first-order valence-corrected chi connectivity index (χ1v) is 4.11. The lowest BCUT2D eigenvalue weighted by atomic mass is 10.1. The predicted octanol–water partition coefficient (Wildman–Crippen LogP) is 1.45. The van der Waals surface area contributed by atoms with E-state index in [1.807, 2.05) is 31.2 Å². The highest BCUT2D eigenvalue weighted by molar-refractivity contribution is 7.96. The maximum absolute atomic E-state index is 10.8. The monoisotopic (exact) mass is 181 g/mol. The molecule has 2 nitrogen and oxygen atoms in total. The molecule has 0 bridgehead atoms. The Bertz CT molecular complexity index is 281. The summed E-state index contributed by atoms with van der Waals surface area (Å²) in [6.07, 6.45) is 0. The molecule has 0 saturated heterocycles. The molecule has 1 atom stereocenters. The Hall–Kier alpha value is -0.800. The van der Waals surface area contributed by atoms with Gasteiger partial charge in [0.15, 0.2) is 0 Å². The Balaban J connectivity index is 2.89. The van der Waals surface area contributed by atoms with E-state index >= 15 is 0 Å². The summed E-state index contributed by atoms with van der Waals surface area (Å²) < 4.78 is 0. The molecule has 0 aliphatic heterocycles. The average Bonchev–Trinajstić information content (AvgIpc) is 2.04. The minimum atomic E-state index is -0.603. The van der Waals surface area contributed by atoms with Crippen LogP contribution in [-0.4, -0.2) is 5.12 Å². The quantitative estimate of drug-likeness (QED) is 0.678. The number of rotatable bonds is 2. The third-order valence-electron chi connectivity index (χ3n) is 1.70. The van der Waals surface area contributed by atoms with Crippen molar-refractivity contribution in [3.63, 3.8) is 0 Å². The summed E-state index contributed by atoms with van der Waals surface area (Å²) in [5, 5.41) is -0.307. The molecule has 1 rings (SSSR count). The van der Waals surface area contributed by atoms with Crippen molar-refractivity contribution in [3.8, 4) is 0 Å². The molecular formula is C9H11NOS. The summed E-state index contributed by atoms with van der Waals surface area (Å²) in [7, 11) is 0. The lowest BCUT2D eigenvalue weighted by Gasteiger charge is -2.06. The average molecular weight is 181 g/mol. The van der Waals surface area contributed by atoms with Crippen LogP contribution in [0.3, 0.4) is 0 Å². The van der Waals surface area contributed by atoms with Gasteiger partial charge in [0, 0.05) is 0 Å². The van der Waals surface area contributed by atoms with Crippen molar-refractivity contribution in [1.82, 2.24) is 0 Å². The number of carbonyl (C=O) groups is 1. The summed E-state index contributed by atoms with van der Waals surface area (Å²) in [6, 6.07) is 6.93. The van der Waals surface area contributed by atoms with E-state index in [0.29, 0.717) is 0 Å². The molecule has 1 aromatic carbocycles. The molecule has 12 heavy (non-hydrogen) atoms. The maximum Gasteiger partial charge on any atom is 0.207 e. The second-order valence-corrected chi connectivity index (χ2v) is 3.17. The summed E-state index contributed by atoms with van der Waals surface area (Å²) in [6.45, 7) is 1.98. The van der Waals surface area contributed by atoms with Crippen molar-refractivity contribution in [1.29, 1.82) is 0 Å². The van der Waals surface area contributed by atoms with Crippen molar-refractivity contribution >= 4 is 17.7 Å². The van der Waals surface area contributed by atoms with Crippen LogP contribution in [0.1, 0.15) is 17.2 Å². The van der Waals surface area contributed by atoms with Gasteiger partial charge < -0.3 is 5.73 Å². The SMILES string of the molecule is Cc1ccc(C(N)C(=O)S)cc1. The zero-order valence-electron chi connectivity index (χ0n) is 6.82. The Morgan fingerprint density at radius 1 is 1.42 bits per heavy atom. The molecule has 0 aliphatic carbocycles. The second-order valence-electron chi connectivity index (χ2n) is 2.73. The molecule has 3 heteroatoms. The van der Waals surface area contributed by atoms with Gasteiger partial charge in [-0.1, -0.05) is 29.8 Å². The van der Waals surface area contributed by atoms with E-state index in [1.54, 1.807) is 0 Å². The number of nitrogens with two attached hydrogens (primary N) is 1. The van der Waals surface area contributed by atoms with Crippen molar-refractivity contribution < 1.29 is 4.79 Å². The number of hydrogen-bond donors (Lipinski definition) is 2. The standard InChI is InChI=1S/C9H11NOS/c1-6-2-4-7(5-3-6)8(10)9(11)12/h2-5,8H,10H2,1H3,(H,11,12). The normalized spacial score (nSPS) is 12.6. The van der Waals surface area contributed by atoms with Gasteiger partial charge in [0.05, 0.1) is 6.04 Å². The minimum Gasteiger partial charge on any atom is -0.317 e. The Morgan fingerprint density at radius 3 is 2.33 bits per heavy atom. The molecular weight excluding hydrogens is 170 g/mol. The van der Waals surface area contributed by atoms with Gasteiger partial charge in [-0.05, 0) is 12.5 Å². The molecule has 0 fully saturated rings. The Morgan fingerprint density at radius 2 is 1.92 bits per heavy atom. The van der Waals surface area contributed by atoms with Gasteiger partial charge in [-0.25, -0.2) is 0 Å². The van der Waals surface area contributed by atoms with Crippen molar-refractivity contribution in [3.05, 3.63) is 35.4 Å². The first-order valence-electron chi connectivity index (χ1n) is 3.66. The third kappa shape index (κ3) is 2.09. The highest BCUT2D eigenvalue weighted by Gasteiger charge is 2.10. The number of carbonyl (C=O) groups excluding carboxylic acids is 1. The highest BCUT2D eigenvalue weighted by atomic mass is 32.1. The van der Waals surface area contributed by atoms with Crippen LogP contribution < -0.4 is 5.73 Å². The fourth-order valence-corrected chi connectivity index (χ4v) is 1.07. The van der Waals surface area contributed by atoms with Crippen molar-refractivity contribution in [2.24, 2.45) is 5.73 Å². The molecule has 0 saturated carbocycles. The summed E-state index contributed by atoms with van der Waals surface area (Å²) in [4.78, 5) is 10.8. The molecule has 0 aliphatic rings. The lowest BCUT2D eigenvalue weighted by molar-refractivity contribution is -0.112. The fraction of sp³-hybridized carbons (Fsp3) is 0.222. The van der Waals surface area contributed by atoms with Crippen LogP contribution in [0.4, 0.5) is 0 Å². The summed E-state index contributed by atoms with van der Waals surface area (Å²) in [5.74, 6) is 0. The van der Waals surface area contributed by atoms with Crippen molar-refractivity contribution in [2.45, 2.75) is 13.0 Å². The van der Waals surface area contributed by atoms with Crippen LogP contribution in [0.5, 0.6) is 0 Å². The van der Waals surface area contributed by atoms with E-state index in [-0.39, 0.29) is 5.12 Å². The number of hydrogen-bond acceptors (Lipinski definition) is 2. The van der Waals surface area contributed by atoms with Crippen LogP contribution in [0, 0.1) is 6.92 Å². The van der Waals surface area contributed by atoms with E-state index in [4.69, 9.17) is 5.73 Å². The van der Waals surface area contributed by atoms with E-state index in [2.05, 4.69) is 12.6 Å². The van der Waals surface area contributed by atoms with Gasteiger partial charge in [-0.3, -0.25) is 4.79 Å². The number of aryl methyl sites for hydroxylation is 1. The summed E-state index contributed by atoms with van der Waals surface area (Å²) >= 11 is 3.67. The molecule has 1 unspecified atom stereocenters. The first kappa shape index (κ1) is 9.29. The van der Waals surface area contributed by atoms with E-state index < -0.39 is 6.04 Å². The molecule has 0 radical (unpaired) electrons. The highest BCUT2D eigenvalue weighted by Crippen LogP contribution is 2.13. The van der Waals surface area contributed by atoms with E-state index in [9.17, 15) is 4.79 Å². The zero-order chi connectivity index (χ0) is 9.14. The van der Waals surface area contributed by atoms with Gasteiger partial charge >= 0.3 is 0 Å². The topological polar surface area (TPSA) is 43.1 Å². The molecule has 0 spiro atoms. The lowest BCUT2D eigenvalue weighted by Crippen LogP contribution is -2.16. The molecule has 1 aromatic rings. The smallest absolute Gasteiger partial charge is 0.207 e. The molecule has 2 N–H and O–H groups in total.